The van der Waals surface area contributed by atoms with Crippen molar-refractivity contribution in [3.8, 4) is 5.75 Å². The highest BCUT2D eigenvalue weighted by Crippen LogP contribution is 2.30. The molecule has 2 aromatic rings. The Labute approximate surface area is 180 Å². The van der Waals surface area contributed by atoms with Gasteiger partial charge in [0.25, 0.3) is 17.1 Å². The van der Waals surface area contributed by atoms with Gasteiger partial charge in [0, 0.05) is 16.3 Å². The number of rotatable bonds is 6. The number of halogens is 1. The lowest BCUT2D eigenvalue weighted by molar-refractivity contribution is -0.118. The zero-order chi connectivity index (χ0) is 21.9. The Balaban J connectivity index is 1.68. The maximum Gasteiger partial charge on any atom is 0.290 e. The predicted molar refractivity (Wildman–Crippen MR) is 112 cm³/mol. The maximum absolute atomic E-state index is 12.2. The first kappa shape index (κ1) is 21.8. The van der Waals surface area contributed by atoms with Crippen LogP contribution in [0.4, 0.5) is 10.5 Å². The third kappa shape index (κ3) is 5.60. The second kappa shape index (κ2) is 8.88. The molecule has 1 aliphatic rings. The average Bonchev–Trinajstić information content (AvgIpc) is 2.97. The Morgan fingerprint density at radius 2 is 1.90 bits per heavy atom. The van der Waals surface area contributed by atoms with Gasteiger partial charge in [0.2, 0.25) is 10.0 Å². The first-order valence-electron chi connectivity index (χ1n) is 8.22. The summed E-state index contributed by atoms with van der Waals surface area (Å²) in [4.78, 5) is 35.3. The summed E-state index contributed by atoms with van der Waals surface area (Å²) in [5.41, 5.74) is 0.771. The molecule has 1 heterocycles. The number of imide groups is 1. The third-order valence-corrected chi connectivity index (χ3v) is 5.70. The number of nitrogens with two attached hydrogens (primary N) is 1. The number of hydrogen-bond donors (Lipinski definition) is 3. The second-order valence-electron chi connectivity index (χ2n) is 5.94. The largest absolute Gasteiger partial charge is 0.483 e. The summed E-state index contributed by atoms with van der Waals surface area (Å²) in [5, 5.41) is 9.62. The lowest BCUT2D eigenvalue weighted by Crippen LogP contribution is -2.20. The molecule has 0 bridgehead atoms. The van der Waals surface area contributed by atoms with E-state index >= 15 is 0 Å². The first-order chi connectivity index (χ1) is 14.1. The fourth-order valence-electron chi connectivity index (χ4n) is 2.39. The molecule has 4 N–H and O–H groups in total. The number of hydrogen-bond acceptors (Lipinski definition) is 7. The zero-order valence-electron chi connectivity index (χ0n) is 15.0. The van der Waals surface area contributed by atoms with Gasteiger partial charge in [-0.15, -0.1) is 0 Å². The normalized spacial score (nSPS) is 15.2. The Kier molecular flexibility index (Phi) is 6.46. The van der Waals surface area contributed by atoms with E-state index in [1.165, 1.54) is 42.5 Å². The number of nitrogens with one attached hydrogen (secondary N) is 2. The summed E-state index contributed by atoms with van der Waals surface area (Å²) in [7, 11) is -3.82. The molecule has 3 amide bonds. The van der Waals surface area contributed by atoms with Crippen molar-refractivity contribution < 1.29 is 27.5 Å². The molecule has 0 aliphatic carbocycles. The standard InChI is InChI=1S/C18H14ClN3O6S2/c19-11-1-6-14(10(7-11)8-15-17(24)22-18(25)29-15)28-9-16(23)21-12-2-4-13(5-3-12)30(20,26)27/h1-8H,9H2,(H,21,23)(H2,20,26,27)(H,22,24,25)/b15-8-. The van der Waals surface area contributed by atoms with Gasteiger partial charge in [-0.05, 0) is 60.3 Å². The molecule has 30 heavy (non-hydrogen) atoms. The molecule has 0 radical (unpaired) electrons. The van der Waals surface area contributed by atoms with Crippen LogP contribution in [0.5, 0.6) is 5.75 Å². The quantitative estimate of drug-likeness (QED) is 0.553. The highest BCUT2D eigenvalue weighted by Gasteiger charge is 2.25. The average molecular weight is 468 g/mol. The van der Waals surface area contributed by atoms with E-state index in [0.717, 1.165) is 11.8 Å². The highest BCUT2D eigenvalue weighted by atomic mass is 35.5. The van der Waals surface area contributed by atoms with E-state index in [1.54, 1.807) is 6.07 Å². The van der Waals surface area contributed by atoms with Crippen LogP contribution >= 0.6 is 23.4 Å². The molecule has 156 valence electrons. The Bertz CT molecular complexity index is 1160. The molecule has 12 heteroatoms. The van der Waals surface area contributed by atoms with Crippen LogP contribution in [-0.4, -0.2) is 32.1 Å². The van der Waals surface area contributed by atoms with Crippen LogP contribution in [0.3, 0.4) is 0 Å². The molecule has 0 atom stereocenters. The van der Waals surface area contributed by atoms with Crippen LogP contribution in [0.2, 0.25) is 5.02 Å². The minimum Gasteiger partial charge on any atom is -0.483 e. The SMILES string of the molecule is NS(=O)(=O)c1ccc(NC(=O)COc2ccc(Cl)cc2/C=C2\SC(=O)NC2=O)cc1. The number of carbonyl (C=O) groups excluding carboxylic acids is 3. The van der Waals surface area contributed by atoms with Gasteiger partial charge in [0.1, 0.15) is 5.75 Å². The monoisotopic (exact) mass is 467 g/mol. The summed E-state index contributed by atoms with van der Waals surface area (Å²) in [6.07, 6.45) is 1.44. The molecule has 0 aromatic heterocycles. The molecule has 1 saturated heterocycles. The molecule has 2 aromatic carbocycles. The molecule has 1 fully saturated rings. The van der Waals surface area contributed by atoms with Crippen molar-refractivity contribution in [3.05, 3.63) is 58.0 Å². The number of carbonyl (C=O) groups is 3. The first-order valence-corrected chi connectivity index (χ1v) is 11.0. The molecular formula is C18H14ClN3O6S2. The van der Waals surface area contributed by atoms with Gasteiger partial charge in [-0.1, -0.05) is 11.6 Å². The van der Waals surface area contributed by atoms with Crippen molar-refractivity contribution in [2.45, 2.75) is 4.90 Å². The number of benzene rings is 2. The van der Waals surface area contributed by atoms with E-state index < -0.39 is 27.1 Å². The summed E-state index contributed by atoms with van der Waals surface area (Å²) in [5.74, 6) is -0.758. The molecule has 9 nitrogen and oxygen atoms in total. The van der Waals surface area contributed by atoms with Crippen molar-refractivity contribution in [2.75, 3.05) is 11.9 Å². The Morgan fingerprint density at radius 1 is 1.20 bits per heavy atom. The van der Waals surface area contributed by atoms with Crippen molar-refractivity contribution >= 4 is 62.2 Å². The number of primary sulfonamides is 1. The number of anilines is 1. The Hall–Kier alpha value is -2.86. The highest BCUT2D eigenvalue weighted by molar-refractivity contribution is 8.18. The van der Waals surface area contributed by atoms with E-state index in [2.05, 4.69) is 10.6 Å². The van der Waals surface area contributed by atoms with Crippen LogP contribution in [-0.2, 0) is 19.6 Å². The zero-order valence-corrected chi connectivity index (χ0v) is 17.4. The van der Waals surface area contributed by atoms with Gasteiger partial charge in [0.15, 0.2) is 6.61 Å². The molecule has 0 saturated carbocycles. The van der Waals surface area contributed by atoms with Crippen molar-refractivity contribution in [1.29, 1.82) is 0 Å². The van der Waals surface area contributed by atoms with Gasteiger partial charge in [-0.3, -0.25) is 19.7 Å². The number of sulfonamides is 1. The topological polar surface area (TPSA) is 145 Å². The van der Waals surface area contributed by atoms with Gasteiger partial charge in [0.05, 0.1) is 9.80 Å². The molecule has 0 unspecified atom stereocenters. The maximum atomic E-state index is 12.2. The third-order valence-electron chi connectivity index (χ3n) is 3.73. The van der Waals surface area contributed by atoms with E-state index in [1.807, 2.05) is 0 Å². The predicted octanol–water partition coefficient (Wildman–Crippen LogP) is 2.33. The Morgan fingerprint density at radius 3 is 2.50 bits per heavy atom. The van der Waals surface area contributed by atoms with Crippen molar-refractivity contribution in [1.82, 2.24) is 5.32 Å². The summed E-state index contributed by atoms with van der Waals surface area (Å²) in [6, 6.07) is 9.93. The second-order valence-corrected chi connectivity index (χ2v) is 8.95. The van der Waals surface area contributed by atoms with Crippen LogP contribution < -0.4 is 20.5 Å². The van der Waals surface area contributed by atoms with Gasteiger partial charge in [-0.25, -0.2) is 13.6 Å². The fourth-order valence-corrected chi connectivity index (χ4v) is 3.76. The van der Waals surface area contributed by atoms with Gasteiger partial charge < -0.3 is 10.1 Å². The summed E-state index contributed by atoms with van der Waals surface area (Å²) < 4.78 is 28.0. The van der Waals surface area contributed by atoms with Crippen LogP contribution in [0.25, 0.3) is 6.08 Å². The molecular weight excluding hydrogens is 454 g/mol. The summed E-state index contributed by atoms with van der Waals surface area (Å²) >= 11 is 6.74. The fraction of sp³-hybridized carbons (Fsp3) is 0.0556. The van der Waals surface area contributed by atoms with Gasteiger partial charge >= 0.3 is 0 Å². The van der Waals surface area contributed by atoms with Crippen molar-refractivity contribution in [3.63, 3.8) is 0 Å². The summed E-state index contributed by atoms with van der Waals surface area (Å²) in [6.45, 7) is -0.368. The van der Waals surface area contributed by atoms with E-state index in [9.17, 15) is 22.8 Å². The van der Waals surface area contributed by atoms with Crippen LogP contribution in [0.15, 0.2) is 52.3 Å². The van der Waals surface area contributed by atoms with Crippen LogP contribution in [0, 0.1) is 0 Å². The lowest BCUT2D eigenvalue weighted by Gasteiger charge is -2.11. The molecule has 0 spiro atoms. The molecule has 3 rings (SSSR count). The lowest BCUT2D eigenvalue weighted by atomic mass is 10.2. The smallest absolute Gasteiger partial charge is 0.290 e. The number of ether oxygens (including phenoxy) is 1. The minimum atomic E-state index is -3.82. The van der Waals surface area contributed by atoms with Gasteiger partial charge in [-0.2, -0.15) is 0 Å². The minimum absolute atomic E-state index is 0.0807. The molecule has 1 aliphatic heterocycles. The van der Waals surface area contributed by atoms with Crippen LogP contribution in [0.1, 0.15) is 5.56 Å². The number of thioether (sulfide) groups is 1. The van der Waals surface area contributed by atoms with E-state index in [-0.39, 0.29) is 22.2 Å². The van der Waals surface area contributed by atoms with E-state index in [4.69, 9.17) is 21.5 Å². The van der Waals surface area contributed by atoms with E-state index in [0.29, 0.717) is 16.3 Å². The number of amides is 3. The van der Waals surface area contributed by atoms with Crippen molar-refractivity contribution in [2.24, 2.45) is 5.14 Å².